The van der Waals surface area contributed by atoms with Crippen LogP contribution in [-0.4, -0.2) is 37.2 Å². The van der Waals surface area contributed by atoms with Gasteiger partial charge in [0.2, 0.25) is 0 Å². The predicted octanol–water partition coefficient (Wildman–Crippen LogP) is 2.95. The van der Waals surface area contributed by atoms with Crippen molar-refractivity contribution in [2.45, 2.75) is 18.9 Å². The Balaban J connectivity index is 1.64. The van der Waals surface area contributed by atoms with E-state index in [0.717, 1.165) is 37.3 Å². The zero-order chi connectivity index (χ0) is 16.1. The molecule has 1 amide bonds. The third kappa shape index (κ3) is 3.87. The molecule has 5 heteroatoms. The lowest BCUT2D eigenvalue weighted by Crippen LogP contribution is -2.39. The molecule has 1 aromatic carbocycles. The molecule has 1 aromatic heterocycles. The Labute approximate surface area is 136 Å². The van der Waals surface area contributed by atoms with Crippen molar-refractivity contribution in [3.63, 3.8) is 0 Å². The van der Waals surface area contributed by atoms with Crippen LogP contribution in [0.3, 0.4) is 0 Å². The zero-order valence-corrected chi connectivity index (χ0v) is 13.2. The molecule has 0 bridgehead atoms. The van der Waals surface area contributed by atoms with E-state index in [1.165, 1.54) is 0 Å². The van der Waals surface area contributed by atoms with E-state index >= 15 is 0 Å². The van der Waals surface area contributed by atoms with Gasteiger partial charge in [-0.3, -0.25) is 9.78 Å². The average molecular weight is 311 g/mol. The zero-order valence-electron chi connectivity index (χ0n) is 13.2. The Kier molecular flexibility index (Phi) is 4.88. The fourth-order valence-corrected chi connectivity index (χ4v) is 2.81. The number of anilines is 2. The number of carbonyl (C=O) groups is 1. The minimum Gasteiger partial charge on any atom is -0.380 e. The van der Waals surface area contributed by atoms with Crippen LogP contribution in [0.25, 0.3) is 0 Å². The standard InChI is InChI=1S/C18H21N3O2/c1-23-16-5-4-12-21(13-16)15-9-7-14(8-10-15)20-18(22)17-6-2-3-11-19-17/h2-3,6-11,16H,4-5,12-13H2,1H3,(H,20,22)/t16-/m0/s1. The van der Waals surface area contributed by atoms with Crippen molar-refractivity contribution in [3.05, 3.63) is 54.4 Å². The summed E-state index contributed by atoms with van der Waals surface area (Å²) in [5, 5.41) is 2.86. The van der Waals surface area contributed by atoms with Crippen molar-refractivity contribution in [1.82, 2.24) is 4.98 Å². The lowest BCUT2D eigenvalue weighted by atomic mass is 10.1. The average Bonchev–Trinajstić information content (AvgIpc) is 2.63. The number of nitrogens with one attached hydrogen (secondary N) is 1. The molecule has 0 unspecified atom stereocenters. The van der Waals surface area contributed by atoms with Gasteiger partial charge in [-0.1, -0.05) is 6.07 Å². The van der Waals surface area contributed by atoms with Crippen molar-refractivity contribution in [2.24, 2.45) is 0 Å². The fraction of sp³-hybridized carbons (Fsp3) is 0.333. The van der Waals surface area contributed by atoms with Gasteiger partial charge >= 0.3 is 0 Å². The molecule has 1 atom stereocenters. The lowest BCUT2D eigenvalue weighted by molar-refractivity contribution is 0.0893. The normalized spacial score (nSPS) is 17.8. The second-order valence-corrected chi connectivity index (χ2v) is 5.66. The number of ether oxygens (including phenoxy) is 1. The second kappa shape index (κ2) is 7.24. The summed E-state index contributed by atoms with van der Waals surface area (Å²) in [4.78, 5) is 18.5. The van der Waals surface area contributed by atoms with E-state index in [9.17, 15) is 4.79 Å². The molecule has 3 rings (SSSR count). The molecule has 2 aromatic rings. The van der Waals surface area contributed by atoms with Crippen molar-refractivity contribution >= 4 is 17.3 Å². The van der Waals surface area contributed by atoms with Gasteiger partial charge in [-0.15, -0.1) is 0 Å². The molecule has 0 saturated carbocycles. The molecule has 1 aliphatic heterocycles. The molecular formula is C18H21N3O2. The highest BCUT2D eigenvalue weighted by Crippen LogP contribution is 2.23. The summed E-state index contributed by atoms with van der Waals surface area (Å²) in [6.07, 6.45) is 4.16. The molecular weight excluding hydrogens is 290 g/mol. The number of pyridine rings is 1. The Hall–Kier alpha value is -2.40. The van der Waals surface area contributed by atoms with Gasteiger partial charge in [-0.05, 0) is 49.2 Å². The van der Waals surface area contributed by atoms with Crippen molar-refractivity contribution in [2.75, 3.05) is 30.4 Å². The SMILES string of the molecule is CO[C@H]1CCCN(c2ccc(NC(=O)c3ccccn3)cc2)C1. The number of aromatic nitrogens is 1. The first-order valence-electron chi connectivity index (χ1n) is 7.86. The van der Waals surface area contributed by atoms with Gasteiger partial charge in [0.1, 0.15) is 5.69 Å². The van der Waals surface area contributed by atoms with Crippen LogP contribution in [0, 0.1) is 0 Å². The van der Waals surface area contributed by atoms with Gasteiger partial charge in [-0.2, -0.15) is 0 Å². The first kappa shape index (κ1) is 15.5. The van der Waals surface area contributed by atoms with Gasteiger partial charge in [-0.25, -0.2) is 0 Å². The smallest absolute Gasteiger partial charge is 0.274 e. The predicted molar refractivity (Wildman–Crippen MR) is 90.9 cm³/mol. The topological polar surface area (TPSA) is 54.5 Å². The minimum absolute atomic E-state index is 0.198. The van der Waals surface area contributed by atoms with Crippen LogP contribution in [0.1, 0.15) is 23.3 Å². The summed E-state index contributed by atoms with van der Waals surface area (Å²) in [7, 11) is 1.77. The van der Waals surface area contributed by atoms with Crippen LogP contribution in [0.5, 0.6) is 0 Å². The molecule has 1 saturated heterocycles. The monoisotopic (exact) mass is 311 g/mol. The number of methoxy groups -OCH3 is 1. The first-order valence-corrected chi connectivity index (χ1v) is 7.86. The van der Waals surface area contributed by atoms with Crippen LogP contribution < -0.4 is 10.2 Å². The van der Waals surface area contributed by atoms with E-state index in [0.29, 0.717) is 11.8 Å². The fourth-order valence-electron chi connectivity index (χ4n) is 2.81. The Morgan fingerprint density at radius 2 is 2.09 bits per heavy atom. The van der Waals surface area contributed by atoms with Gasteiger partial charge in [0.25, 0.3) is 5.91 Å². The van der Waals surface area contributed by atoms with Crippen LogP contribution in [0.2, 0.25) is 0 Å². The number of carbonyl (C=O) groups excluding carboxylic acids is 1. The number of rotatable bonds is 4. The molecule has 0 aliphatic carbocycles. The number of nitrogens with zero attached hydrogens (tertiary/aromatic N) is 2. The summed E-state index contributed by atoms with van der Waals surface area (Å²) in [6.45, 7) is 1.95. The largest absolute Gasteiger partial charge is 0.380 e. The van der Waals surface area contributed by atoms with E-state index in [2.05, 4.69) is 15.2 Å². The number of hydrogen-bond donors (Lipinski definition) is 1. The summed E-state index contributed by atoms with van der Waals surface area (Å²) in [5.74, 6) is -0.198. The summed E-state index contributed by atoms with van der Waals surface area (Å²) >= 11 is 0. The third-order valence-corrected chi connectivity index (χ3v) is 4.10. The Morgan fingerprint density at radius 3 is 2.78 bits per heavy atom. The highest BCUT2D eigenvalue weighted by atomic mass is 16.5. The second-order valence-electron chi connectivity index (χ2n) is 5.66. The van der Waals surface area contributed by atoms with E-state index in [1.54, 1.807) is 31.5 Å². The van der Waals surface area contributed by atoms with E-state index in [1.807, 2.05) is 24.3 Å². The highest BCUT2D eigenvalue weighted by molar-refractivity contribution is 6.02. The molecule has 23 heavy (non-hydrogen) atoms. The molecule has 1 fully saturated rings. The highest BCUT2D eigenvalue weighted by Gasteiger charge is 2.19. The van der Waals surface area contributed by atoms with Gasteiger partial charge in [0.05, 0.1) is 6.10 Å². The number of amides is 1. The molecule has 5 nitrogen and oxygen atoms in total. The van der Waals surface area contributed by atoms with E-state index < -0.39 is 0 Å². The maximum absolute atomic E-state index is 12.1. The van der Waals surface area contributed by atoms with Crippen LogP contribution in [-0.2, 0) is 4.74 Å². The molecule has 1 aliphatic rings. The van der Waals surface area contributed by atoms with Crippen molar-refractivity contribution in [3.8, 4) is 0 Å². The third-order valence-electron chi connectivity index (χ3n) is 4.10. The number of benzene rings is 1. The molecule has 1 N–H and O–H groups in total. The van der Waals surface area contributed by atoms with Gasteiger partial charge in [0.15, 0.2) is 0 Å². The number of piperidine rings is 1. The first-order chi connectivity index (χ1) is 11.3. The Bertz CT molecular complexity index is 643. The maximum atomic E-state index is 12.1. The summed E-state index contributed by atoms with van der Waals surface area (Å²) in [6, 6.07) is 13.2. The summed E-state index contributed by atoms with van der Waals surface area (Å²) < 4.78 is 5.46. The van der Waals surface area contributed by atoms with Crippen LogP contribution in [0.4, 0.5) is 11.4 Å². The summed E-state index contributed by atoms with van der Waals surface area (Å²) in [5.41, 5.74) is 2.34. The van der Waals surface area contributed by atoms with E-state index in [4.69, 9.17) is 4.74 Å². The van der Waals surface area contributed by atoms with Crippen molar-refractivity contribution < 1.29 is 9.53 Å². The molecule has 0 spiro atoms. The van der Waals surface area contributed by atoms with Gasteiger partial charge in [0, 0.05) is 37.8 Å². The lowest BCUT2D eigenvalue weighted by Gasteiger charge is -2.33. The Morgan fingerprint density at radius 1 is 1.26 bits per heavy atom. The van der Waals surface area contributed by atoms with Gasteiger partial charge < -0.3 is 15.0 Å². The molecule has 2 heterocycles. The molecule has 0 radical (unpaired) electrons. The maximum Gasteiger partial charge on any atom is 0.274 e. The molecule has 120 valence electrons. The minimum atomic E-state index is -0.198. The quantitative estimate of drug-likeness (QED) is 0.943. The van der Waals surface area contributed by atoms with Crippen LogP contribution in [0.15, 0.2) is 48.7 Å². The number of hydrogen-bond acceptors (Lipinski definition) is 4. The van der Waals surface area contributed by atoms with E-state index in [-0.39, 0.29) is 5.91 Å². The van der Waals surface area contributed by atoms with Crippen LogP contribution >= 0.6 is 0 Å². The van der Waals surface area contributed by atoms with Crippen molar-refractivity contribution in [1.29, 1.82) is 0 Å².